The van der Waals surface area contributed by atoms with Gasteiger partial charge >= 0.3 is 0 Å². The average molecular weight is 483 g/mol. The summed E-state index contributed by atoms with van der Waals surface area (Å²) in [5.74, 6) is 1.10. The number of hydrogen-bond donors (Lipinski definition) is 2. The Bertz CT molecular complexity index is 1580. The van der Waals surface area contributed by atoms with Crippen molar-refractivity contribution in [1.29, 1.82) is 0 Å². The van der Waals surface area contributed by atoms with Gasteiger partial charge in [0.05, 0.1) is 12.8 Å². The normalized spacial score (nSPS) is 10.9. The molecule has 0 spiro atoms. The van der Waals surface area contributed by atoms with E-state index in [9.17, 15) is 9.18 Å². The van der Waals surface area contributed by atoms with Gasteiger partial charge in [0.1, 0.15) is 28.9 Å². The van der Waals surface area contributed by atoms with Crippen LogP contribution in [-0.2, 0) is 0 Å². The molecule has 0 saturated heterocycles. The third-order valence-corrected chi connectivity index (χ3v) is 5.79. The molecule has 0 aliphatic carbocycles. The van der Waals surface area contributed by atoms with Crippen molar-refractivity contribution in [2.75, 3.05) is 24.8 Å². The number of imidazole rings is 1. The Labute approximate surface area is 206 Å². The Morgan fingerprint density at radius 3 is 2.50 bits per heavy atom. The molecule has 36 heavy (non-hydrogen) atoms. The van der Waals surface area contributed by atoms with Crippen molar-refractivity contribution in [1.82, 2.24) is 19.6 Å². The average Bonchev–Trinajstić information content (AvgIpc) is 3.29. The molecule has 2 N–H and O–H groups in total. The van der Waals surface area contributed by atoms with Crippen molar-refractivity contribution < 1.29 is 13.9 Å². The minimum atomic E-state index is -0.301. The van der Waals surface area contributed by atoms with E-state index in [1.54, 1.807) is 74.3 Å². The van der Waals surface area contributed by atoms with E-state index in [1.165, 1.54) is 6.07 Å². The van der Waals surface area contributed by atoms with E-state index < -0.39 is 0 Å². The maximum atomic E-state index is 14.0. The zero-order chi connectivity index (χ0) is 25.2. The Morgan fingerprint density at radius 1 is 0.972 bits per heavy atom. The SMILES string of the molecule is CNc1ccc2nc(-c3ccc(F)c(C)c3)c(-c3ccnc(NC(=O)c4ccc(OC)cc4)c3)n2n1. The Kier molecular flexibility index (Phi) is 6.03. The molecule has 0 unspecified atom stereocenters. The zero-order valence-corrected chi connectivity index (χ0v) is 19.9. The number of amides is 1. The van der Waals surface area contributed by atoms with Crippen LogP contribution in [-0.4, -0.2) is 39.6 Å². The summed E-state index contributed by atoms with van der Waals surface area (Å²) >= 11 is 0. The molecule has 9 heteroatoms. The topological polar surface area (TPSA) is 93.4 Å². The monoisotopic (exact) mass is 482 g/mol. The number of ether oxygens (including phenoxy) is 1. The highest BCUT2D eigenvalue weighted by atomic mass is 19.1. The fourth-order valence-electron chi connectivity index (χ4n) is 3.90. The first-order valence-corrected chi connectivity index (χ1v) is 11.2. The van der Waals surface area contributed by atoms with Gasteiger partial charge in [-0.25, -0.2) is 18.9 Å². The van der Waals surface area contributed by atoms with Gasteiger partial charge in [0, 0.05) is 29.9 Å². The molecule has 0 bridgehead atoms. The van der Waals surface area contributed by atoms with Crippen molar-refractivity contribution >= 4 is 23.2 Å². The largest absolute Gasteiger partial charge is 0.497 e. The van der Waals surface area contributed by atoms with Crippen LogP contribution in [0.2, 0.25) is 0 Å². The Balaban J connectivity index is 1.59. The lowest BCUT2D eigenvalue weighted by molar-refractivity contribution is 0.102. The molecule has 0 radical (unpaired) electrons. The molecule has 180 valence electrons. The second-order valence-corrected chi connectivity index (χ2v) is 8.12. The molecule has 5 rings (SSSR count). The number of aryl methyl sites for hydroxylation is 1. The highest BCUT2D eigenvalue weighted by Gasteiger charge is 2.19. The minimum Gasteiger partial charge on any atom is -0.497 e. The van der Waals surface area contributed by atoms with E-state index in [1.807, 2.05) is 18.2 Å². The minimum absolute atomic E-state index is 0.285. The fraction of sp³-hybridized carbons (Fsp3) is 0.111. The molecule has 8 nitrogen and oxygen atoms in total. The second-order valence-electron chi connectivity index (χ2n) is 8.12. The molecule has 0 aliphatic heterocycles. The van der Waals surface area contributed by atoms with Gasteiger partial charge in [-0.1, -0.05) is 0 Å². The van der Waals surface area contributed by atoms with Crippen LogP contribution < -0.4 is 15.4 Å². The van der Waals surface area contributed by atoms with Crippen LogP contribution in [0.15, 0.2) is 72.9 Å². The molecule has 0 saturated carbocycles. The van der Waals surface area contributed by atoms with Crippen LogP contribution in [0, 0.1) is 12.7 Å². The molecule has 0 fully saturated rings. The van der Waals surface area contributed by atoms with Crippen molar-refractivity contribution in [2.24, 2.45) is 0 Å². The maximum absolute atomic E-state index is 14.0. The van der Waals surface area contributed by atoms with Crippen molar-refractivity contribution in [3.8, 4) is 28.3 Å². The predicted molar refractivity (Wildman–Crippen MR) is 137 cm³/mol. The van der Waals surface area contributed by atoms with Gasteiger partial charge in [-0.05, 0) is 79.2 Å². The predicted octanol–water partition coefficient (Wildman–Crippen LogP) is 5.21. The third kappa shape index (κ3) is 4.34. The molecule has 1 amide bonds. The van der Waals surface area contributed by atoms with Crippen LogP contribution in [0.4, 0.5) is 16.0 Å². The first kappa shape index (κ1) is 23.0. The van der Waals surface area contributed by atoms with Crippen molar-refractivity contribution in [3.63, 3.8) is 0 Å². The van der Waals surface area contributed by atoms with Crippen molar-refractivity contribution in [3.05, 3.63) is 89.9 Å². The van der Waals surface area contributed by atoms with E-state index in [-0.39, 0.29) is 11.7 Å². The van der Waals surface area contributed by atoms with Gasteiger partial charge < -0.3 is 15.4 Å². The second kappa shape index (κ2) is 9.46. The zero-order valence-electron chi connectivity index (χ0n) is 19.9. The number of nitrogens with one attached hydrogen (secondary N) is 2. The lowest BCUT2D eigenvalue weighted by atomic mass is 10.0. The van der Waals surface area contributed by atoms with E-state index in [2.05, 4.69) is 20.7 Å². The lowest BCUT2D eigenvalue weighted by Gasteiger charge is -2.10. The summed E-state index contributed by atoms with van der Waals surface area (Å²) in [6.07, 6.45) is 1.61. The molecule has 5 aromatic rings. The number of nitrogens with zero attached hydrogens (tertiary/aromatic N) is 4. The van der Waals surface area contributed by atoms with Gasteiger partial charge in [-0.15, -0.1) is 5.10 Å². The van der Waals surface area contributed by atoms with E-state index >= 15 is 0 Å². The quantitative estimate of drug-likeness (QED) is 0.345. The molecule has 0 atom stereocenters. The van der Waals surface area contributed by atoms with Crippen LogP contribution in [0.1, 0.15) is 15.9 Å². The van der Waals surface area contributed by atoms with Crippen LogP contribution in [0.3, 0.4) is 0 Å². The number of carbonyl (C=O) groups is 1. The number of rotatable bonds is 6. The molecule has 3 heterocycles. The van der Waals surface area contributed by atoms with Gasteiger partial charge in [0.2, 0.25) is 0 Å². The van der Waals surface area contributed by atoms with Crippen LogP contribution in [0.25, 0.3) is 28.2 Å². The maximum Gasteiger partial charge on any atom is 0.256 e. The highest BCUT2D eigenvalue weighted by Crippen LogP contribution is 2.34. The summed E-state index contributed by atoms with van der Waals surface area (Å²) in [6, 6.07) is 19.0. The molecular weight excluding hydrogens is 459 g/mol. The number of pyridine rings is 1. The van der Waals surface area contributed by atoms with Gasteiger partial charge in [0.25, 0.3) is 5.91 Å². The molecular formula is C27H23FN6O2. The summed E-state index contributed by atoms with van der Waals surface area (Å²) < 4.78 is 20.9. The third-order valence-electron chi connectivity index (χ3n) is 5.79. The lowest BCUT2D eigenvalue weighted by Crippen LogP contribution is -2.13. The molecule has 0 aliphatic rings. The first-order valence-electron chi connectivity index (χ1n) is 11.2. The van der Waals surface area contributed by atoms with E-state index in [0.717, 1.165) is 11.1 Å². The number of carbonyl (C=O) groups excluding carboxylic acids is 1. The summed E-state index contributed by atoms with van der Waals surface area (Å²) in [5, 5.41) is 10.5. The highest BCUT2D eigenvalue weighted by molar-refractivity contribution is 6.04. The fourth-order valence-corrected chi connectivity index (χ4v) is 3.90. The van der Waals surface area contributed by atoms with E-state index in [4.69, 9.17) is 9.72 Å². The number of methoxy groups -OCH3 is 1. The van der Waals surface area contributed by atoms with Gasteiger partial charge in [-0.2, -0.15) is 0 Å². The van der Waals surface area contributed by atoms with Gasteiger partial charge in [0.15, 0.2) is 5.65 Å². The number of halogens is 1. The summed E-state index contributed by atoms with van der Waals surface area (Å²) in [7, 11) is 3.36. The standard InChI is InChI=1S/C27H23FN6O2/c1-16-14-18(6-9-21(16)28)25-26(34-24(32-25)11-10-22(29-2)33-34)19-12-13-30-23(15-19)31-27(35)17-4-7-20(36-3)8-5-17/h4-15H,1-3H3,(H,29,33)(H,30,31,35). The van der Waals surface area contributed by atoms with Gasteiger partial charge in [-0.3, -0.25) is 4.79 Å². The van der Waals surface area contributed by atoms with Crippen molar-refractivity contribution in [2.45, 2.75) is 6.92 Å². The number of fused-ring (bicyclic) bond motifs is 1. The summed E-state index contributed by atoms with van der Waals surface area (Å²) in [4.78, 5) is 21.9. The summed E-state index contributed by atoms with van der Waals surface area (Å²) in [6.45, 7) is 1.71. The number of benzene rings is 2. The number of anilines is 2. The Morgan fingerprint density at radius 2 is 1.78 bits per heavy atom. The first-order chi connectivity index (χ1) is 17.5. The van der Waals surface area contributed by atoms with Crippen LogP contribution >= 0.6 is 0 Å². The smallest absolute Gasteiger partial charge is 0.256 e. The number of aromatic nitrogens is 4. The molecule has 3 aromatic heterocycles. The Hall–Kier alpha value is -4.79. The summed E-state index contributed by atoms with van der Waals surface area (Å²) in [5.41, 5.74) is 4.43. The molecule has 2 aromatic carbocycles. The number of hydrogen-bond acceptors (Lipinski definition) is 6. The van der Waals surface area contributed by atoms with Crippen LogP contribution in [0.5, 0.6) is 5.75 Å². The van der Waals surface area contributed by atoms with E-state index in [0.29, 0.717) is 45.5 Å².